The maximum Gasteiger partial charge on any atom is 0.323 e. The largest absolute Gasteiger partial charge is 0.480 e. The Morgan fingerprint density at radius 3 is 2.40 bits per heavy atom. The predicted octanol–water partition coefficient (Wildman–Crippen LogP) is 0.554. The van der Waals surface area contributed by atoms with Gasteiger partial charge in [0.2, 0.25) is 5.91 Å². The van der Waals surface area contributed by atoms with Crippen LogP contribution >= 0.6 is 0 Å². The number of hydrogen-bond acceptors (Lipinski definition) is 4. The zero-order valence-corrected chi connectivity index (χ0v) is 12.3. The second-order valence-electron chi connectivity index (χ2n) is 6.08. The number of nitrogens with zero attached hydrogens (tertiary/aromatic N) is 3. The first kappa shape index (κ1) is 16.1. The van der Waals surface area contributed by atoms with E-state index in [2.05, 4.69) is 5.10 Å². The molecule has 0 aromatic carbocycles. The van der Waals surface area contributed by atoms with Gasteiger partial charge in [0.25, 0.3) is 5.91 Å². The summed E-state index contributed by atoms with van der Waals surface area (Å²) in [6.45, 7) is 5.72. The Morgan fingerprint density at radius 2 is 1.95 bits per heavy atom. The van der Waals surface area contributed by atoms with Crippen LogP contribution in [-0.4, -0.2) is 58.6 Å². The molecule has 1 rings (SSSR count). The van der Waals surface area contributed by atoms with Crippen molar-refractivity contribution < 1.29 is 19.5 Å². The molecular formula is C13H21N3O4. The molecule has 0 radical (unpaired) electrons. The highest BCUT2D eigenvalue weighted by Crippen LogP contribution is 2.17. The summed E-state index contributed by atoms with van der Waals surface area (Å²) in [5.74, 6) is -1.63. The van der Waals surface area contributed by atoms with Crippen molar-refractivity contribution in [1.29, 1.82) is 0 Å². The summed E-state index contributed by atoms with van der Waals surface area (Å²) < 4.78 is 0. The van der Waals surface area contributed by atoms with Crippen molar-refractivity contribution in [3.8, 4) is 0 Å². The maximum atomic E-state index is 12.4. The number of carboxylic acid groups (broad SMARTS) is 1. The van der Waals surface area contributed by atoms with Crippen LogP contribution in [0.5, 0.6) is 0 Å². The van der Waals surface area contributed by atoms with Crippen LogP contribution in [0.4, 0.5) is 0 Å². The molecule has 0 fully saturated rings. The van der Waals surface area contributed by atoms with Crippen LogP contribution in [0.25, 0.3) is 0 Å². The van der Waals surface area contributed by atoms with Gasteiger partial charge in [0, 0.05) is 26.4 Å². The number of carbonyl (C=O) groups is 3. The van der Waals surface area contributed by atoms with Crippen molar-refractivity contribution in [1.82, 2.24) is 9.91 Å². The lowest BCUT2D eigenvalue weighted by atomic mass is 9.95. The quantitative estimate of drug-likeness (QED) is 0.816. The van der Waals surface area contributed by atoms with Crippen molar-refractivity contribution in [3.63, 3.8) is 0 Å². The fraction of sp³-hybridized carbons (Fsp3) is 0.692. The molecule has 0 bridgehead atoms. The van der Waals surface area contributed by atoms with Crippen molar-refractivity contribution in [2.75, 3.05) is 20.1 Å². The van der Waals surface area contributed by atoms with E-state index in [1.54, 1.807) is 0 Å². The first-order valence-corrected chi connectivity index (χ1v) is 6.45. The van der Waals surface area contributed by atoms with Gasteiger partial charge < -0.3 is 10.0 Å². The number of hydrogen-bond donors (Lipinski definition) is 1. The first-order chi connectivity index (χ1) is 9.10. The van der Waals surface area contributed by atoms with Gasteiger partial charge in [-0.15, -0.1) is 0 Å². The average Bonchev–Trinajstić information content (AvgIpc) is 2.28. The average molecular weight is 283 g/mol. The number of rotatable bonds is 4. The molecule has 2 amide bonds. The summed E-state index contributed by atoms with van der Waals surface area (Å²) in [7, 11) is 1.49. The number of carbonyl (C=O) groups excluding carboxylic acids is 2. The van der Waals surface area contributed by atoms with E-state index in [-0.39, 0.29) is 36.4 Å². The Balaban J connectivity index is 2.90. The smallest absolute Gasteiger partial charge is 0.323 e. The Bertz CT molecular complexity index is 451. The maximum absolute atomic E-state index is 12.4. The van der Waals surface area contributed by atoms with E-state index >= 15 is 0 Å². The van der Waals surface area contributed by atoms with Crippen LogP contribution in [-0.2, 0) is 14.4 Å². The molecule has 1 heterocycles. The Labute approximate surface area is 118 Å². The summed E-state index contributed by atoms with van der Waals surface area (Å²) in [6.07, 6.45) is 0.472. The third-order valence-corrected chi connectivity index (χ3v) is 2.73. The molecule has 0 aromatic rings. The Morgan fingerprint density at radius 1 is 1.35 bits per heavy atom. The summed E-state index contributed by atoms with van der Waals surface area (Å²) in [6, 6.07) is 0. The molecule has 1 aliphatic heterocycles. The second kappa shape index (κ2) is 6.02. The minimum atomic E-state index is -1.07. The standard InChI is InChI=1S/C13H21N3O4/c1-13(2,3)8-16(7-11(18)19)12(20)9-5-6-10(17)15(4)14-9/h5-8H2,1-4H3,(H,18,19). The molecule has 1 N–H and O–H groups in total. The van der Waals surface area contributed by atoms with Crippen LogP contribution in [0.1, 0.15) is 33.6 Å². The predicted molar refractivity (Wildman–Crippen MR) is 73.1 cm³/mol. The lowest BCUT2D eigenvalue weighted by Crippen LogP contribution is -2.46. The number of aliphatic carboxylic acids is 1. The molecular weight excluding hydrogens is 262 g/mol. The molecule has 0 aromatic heterocycles. The van der Waals surface area contributed by atoms with Crippen molar-refractivity contribution in [3.05, 3.63) is 0 Å². The summed E-state index contributed by atoms with van der Waals surface area (Å²) in [4.78, 5) is 35.9. The lowest BCUT2D eigenvalue weighted by molar-refractivity contribution is -0.143. The van der Waals surface area contributed by atoms with E-state index < -0.39 is 11.9 Å². The molecule has 0 saturated carbocycles. The first-order valence-electron chi connectivity index (χ1n) is 6.45. The zero-order valence-electron chi connectivity index (χ0n) is 12.3. The monoisotopic (exact) mass is 283 g/mol. The molecule has 20 heavy (non-hydrogen) atoms. The molecule has 0 saturated heterocycles. The van der Waals surface area contributed by atoms with Crippen LogP contribution in [0.2, 0.25) is 0 Å². The summed E-state index contributed by atoms with van der Waals surface area (Å²) in [5, 5.41) is 14.0. The minimum absolute atomic E-state index is 0.151. The zero-order chi connectivity index (χ0) is 15.5. The van der Waals surface area contributed by atoms with Crippen LogP contribution < -0.4 is 0 Å². The highest BCUT2D eigenvalue weighted by Gasteiger charge is 2.29. The van der Waals surface area contributed by atoms with Gasteiger partial charge in [-0.2, -0.15) is 5.10 Å². The molecule has 0 unspecified atom stereocenters. The Hall–Kier alpha value is -1.92. The van der Waals surface area contributed by atoms with E-state index in [0.29, 0.717) is 6.54 Å². The SMILES string of the molecule is CN1N=C(C(=O)N(CC(=O)O)CC(C)(C)C)CCC1=O. The third kappa shape index (κ3) is 4.64. The van der Waals surface area contributed by atoms with Crippen LogP contribution in [0, 0.1) is 5.41 Å². The second-order valence-corrected chi connectivity index (χ2v) is 6.08. The van der Waals surface area contributed by atoms with Gasteiger partial charge in [0.15, 0.2) is 0 Å². The van der Waals surface area contributed by atoms with E-state index in [0.717, 1.165) is 5.01 Å². The van der Waals surface area contributed by atoms with Gasteiger partial charge in [-0.25, -0.2) is 5.01 Å². The molecule has 0 spiro atoms. The third-order valence-electron chi connectivity index (χ3n) is 2.73. The lowest BCUT2D eigenvalue weighted by Gasteiger charge is -2.30. The van der Waals surface area contributed by atoms with Gasteiger partial charge in [-0.1, -0.05) is 20.8 Å². The van der Waals surface area contributed by atoms with Crippen LogP contribution in [0.3, 0.4) is 0 Å². The minimum Gasteiger partial charge on any atom is -0.480 e. The molecule has 1 aliphatic rings. The van der Waals surface area contributed by atoms with Crippen molar-refractivity contribution in [2.45, 2.75) is 33.6 Å². The topological polar surface area (TPSA) is 90.3 Å². The van der Waals surface area contributed by atoms with E-state index in [9.17, 15) is 14.4 Å². The highest BCUT2D eigenvalue weighted by atomic mass is 16.4. The van der Waals surface area contributed by atoms with E-state index in [4.69, 9.17) is 5.11 Å². The molecule has 0 aliphatic carbocycles. The van der Waals surface area contributed by atoms with Crippen LogP contribution in [0.15, 0.2) is 5.10 Å². The molecule has 7 heteroatoms. The van der Waals surface area contributed by atoms with E-state index in [1.165, 1.54) is 11.9 Å². The van der Waals surface area contributed by atoms with Gasteiger partial charge in [0.1, 0.15) is 12.3 Å². The number of amides is 2. The van der Waals surface area contributed by atoms with Crippen molar-refractivity contribution in [2.24, 2.45) is 10.5 Å². The van der Waals surface area contributed by atoms with Crippen molar-refractivity contribution >= 4 is 23.5 Å². The molecule has 0 atom stereocenters. The number of carboxylic acids is 1. The fourth-order valence-electron chi connectivity index (χ4n) is 1.94. The van der Waals surface area contributed by atoms with E-state index in [1.807, 2.05) is 20.8 Å². The Kier molecular flexibility index (Phi) is 4.86. The number of hydrazone groups is 1. The summed E-state index contributed by atoms with van der Waals surface area (Å²) >= 11 is 0. The molecule has 7 nitrogen and oxygen atoms in total. The molecule has 112 valence electrons. The van der Waals surface area contributed by atoms with Gasteiger partial charge in [-0.05, 0) is 5.41 Å². The fourth-order valence-corrected chi connectivity index (χ4v) is 1.94. The van der Waals surface area contributed by atoms with Gasteiger partial charge in [-0.3, -0.25) is 14.4 Å². The summed E-state index contributed by atoms with van der Waals surface area (Å²) in [5.41, 5.74) is 0.0137. The van der Waals surface area contributed by atoms with Gasteiger partial charge in [0.05, 0.1) is 0 Å². The van der Waals surface area contributed by atoms with Gasteiger partial charge >= 0.3 is 5.97 Å². The normalized spacial score (nSPS) is 15.9. The highest BCUT2D eigenvalue weighted by molar-refractivity contribution is 6.39.